The van der Waals surface area contributed by atoms with E-state index < -0.39 is 0 Å². The average molecular weight is 158 g/mol. The molecular formula is C8H18N2O. The van der Waals surface area contributed by atoms with Crippen molar-refractivity contribution in [1.82, 2.24) is 0 Å². The van der Waals surface area contributed by atoms with E-state index in [1.165, 1.54) is 6.20 Å². The molecule has 11 heavy (non-hydrogen) atoms. The third-order valence-corrected chi connectivity index (χ3v) is 1.39. The van der Waals surface area contributed by atoms with Gasteiger partial charge in [0.25, 0.3) is 0 Å². The predicted molar refractivity (Wildman–Crippen MR) is 47.7 cm³/mol. The summed E-state index contributed by atoms with van der Waals surface area (Å²) in [5, 5.41) is 0. The lowest BCUT2D eigenvalue weighted by Gasteiger charge is -2.04. The van der Waals surface area contributed by atoms with Crippen LogP contribution in [0.1, 0.15) is 26.7 Å². The molecule has 0 spiro atoms. The number of rotatable bonds is 3. The summed E-state index contributed by atoms with van der Waals surface area (Å²) in [5.41, 5.74) is 9.63. The number of hydrogen-bond donors (Lipinski definition) is 2. The molecule has 0 heterocycles. The molecule has 0 aliphatic rings. The van der Waals surface area contributed by atoms with Gasteiger partial charge in [0.1, 0.15) is 0 Å². The molecule has 0 aliphatic carbocycles. The minimum atomic E-state index is -0.171. The summed E-state index contributed by atoms with van der Waals surface area (Å²) < 4.78 is 0. The van der Waals surface area contributed by atoms with E-state index >= 15 is 0 Å². The highest BCUT2D eigenvalue weighted by molar-refractivity contribution is 5.76. The van der Waals surface area contributed by atoms with Crippen LogP contribution in [0.25, 0.3) is 0 Å². The summed E-state index contributed by atoms with van der Waals surface area (Å²) in [5.74, 6) is -0.0787. The first-order valence-electron chi connectivity index (χ1n) is 3.75. The van der Waals surface area contributed by atoms with Crippen molar-refractivity contribution in [2.24, 2.45) is 17.4 Å². The van der Waals surface area contributed by atoms with Gasteiger partial charge in [-0.2, -0.15) is 0 Å². The second kappa shape index (κ2) is 9.01. The number of amides is 1. The maximum Gasteiger partial charge on any atom is 0.220 e. The molecule has 0 aromatic rings. The zero-order chi connectivity index (χ0) is 9.28. The molecule has 1 amide bonds. The quantitative estimate of drug-likeness (QED) is 0.643. The maximum absolute atomic E-state index is 10.4. The van der Waals surface area contributed by atoms with Crippen molar-refractivity contribution >= 4 is 5.91 Å². The van der Waals surface area contributed by atoms with E-state index in [-0.39, 0.29) is 11.8 Å². The molecule has 0 radical (unpaired) electrons. The number of primary amides is 1. The third-order valence-electron chi connectivity index (χ3n) is 1.39. The monoisotopic (exact) mass is 158 g/mol. The Labute approximate surface area is 68.5 Å². The Morgan fingerprint density at radius 2 is 1.82 bits per heavy atom. The van der Waals surface area contributed by atoms with Crippen LogP contribution in [0.4, 0.5) is 0 Å². The lowest BCUT2D eigenvalue weighted by Crippen LogP contribution is -2.21. The Hall–Kier alpha value is -0.990. The fraction of sp³-hybridized carbons (Fsp3) is 0.625. The second-order valence-electron chi connectivity index (χ2n) is 2.15. The Bertz CT molecular complexity index is 109. The van der Waals surface area contributed by atoms with Crippen LogP contribution in [0, 0.1) is 5.92 Å². The first-order chi connectivity index (χ1) is 5.13. The summed E-state index contributed by atoms with van der Waals surface area (Å²) in [6, 6.07) is 0. The van der Waals surface area contributed by atoms with Gasteiger partial charge in [-0.3, -0.25) is 4.79 Å². The van der Waals surface area contributed by atoms with Gasteiger partial charge < -0.3 is 11.5 Å². The summed E-state index contributed by atoms with van der Waals surface area (Å²) in [6.07, 6.45) is 2.98. The molecule has 0 aromatic heterocycles. The SMILES string of the molecule is C=CN.CCC(CC)C(N)=O. The van der Waals surface area contributed by atoms with E-state index in [2.05, 4.69) is 12.3 Å². The number of carbonyl (C=O) groups excluding carboxylic acids is 1. The van der Waals surface area contributed by atoms with E-state index in [0.717, 1.165) is 12.8 Å². The molecule has 4 N–H and O–H groups in total. The van der Waals surface area contributed by atoms with Gasteiger partial charge in [0.2, 0.25) is 5.91 Å². The van der Waals surface area contributed by atoms with E-state index in [0.29, 0.717) is 0 Å². The molecule has 0 aliphatic heterocycles. The Kier molecular flexibility index (Phi) is 10.4. The van der Waals surface area contributed by atoms with Crippen molar-refractivity contribution in [3.8, 4) is 0 Å². The third kappa shape index (κ3) is 9.01. The van der Waals surface area contributed by atoms with Crippen molar-refractivity contribution < 1.29 is 4.79 Å². The molecule has 0 rings (SSSR count). The van der Waals surface area contributed by atoms with Crippen molar-refractivity contribution in [3.05, 3.63) is 12.8 Å². The first kappa shape index (κ1) is 12.7. The van der Waals surface area contributed by atoms with Gasteiger partial charge in [0.05, 0.1) is 0 Å². The summed E-state index contributed by atoms with van der Waals surface area (Å²) in [6.45, 7) is 7.08. The number of carbonyl (C=O) groups is 1. The molecule has 0 atom stereocenters. The highest BCUT2D eigenvalue weighted by Gasteiger charge is 2.07. The normalized spacial score (nSPS) is 8.27. The summed E-state index contributed by atoms with van der Waals surface area (Å²) in [4.78, 5) is 10.4. The van der Waals surface area contributed by atoms with Crippen LogP contribution in [0.3, 0.4) is 0 Å². The molecule has 0 aromatic carbocycles. The minimum absolute atomic E-state index is 0.0926. The second-order valence-corrected chi connectivity index (χ2v) is 2.15. The summed E-state index contributed by atoms with van der Waals surface area (Å²) in [7, 11) is 0. The van der Waals surface area contributed by atoms with Gasteiger partial charge in [-0.1, -0.05) is 20.4 Å². The van der Waals surface area contributed by atoms with Crippen LogP contribution in [0.2, 0.25) is 0 Å². The van der Waals surface area contributed by atoms with E-state index in [1.54, 1.807) is 0 Å². The van der Waals surface area contributed by atoms with Crippen molar-refractivity contribution in [1.29, 1.82) is 0 Å². The molecule has 3 nitrogen and oxygen atoms in total. The average Bonchev–Trinajstić information content (AvgIpc) is 1.91. The van der Waals surface area contributed by atoms with Crippen LogP contribution in [-0.4, -0.2) is 5.91 Å². The standard InChI is InChI=1S/C6H13NO.C2H5N/c1-3-5(4-2)6(7)8;1-2-3/h5H,3-4H2,1-2H3,(H2,7,8);2H,1,3H2. The van der Waals surface area contributed by atoms with Crippen molar-refractivity contribution in [2.45, 2.75) is 26.7 Å². The lowest BCUT2D eigenvalue weighted by atomic mass is 10.0. The van der Waals surface area contributed by atoms with Crippen LogP contribution in [0.5, 0.6) is 0 Å². The molecule has 66 valence electrons. The van der Waals surface area contributed by atoms with Crippen LogP contribution in [0.15, 0.2) is 12.8 Å². The zero-order valence-electron chi connectivity index (χ0n) is 7.34. The highest BCUT2D eigenvalue weighted by Crippen LogP contribution is 2.04. The predicted octanol–water partition coefficient (Wildman–Crippen LogP) is 0.996. The van der Waals surface area contributed by atoms with E-state index in [4.69, 9.17) is 5.73 Å². The van der Waals surface area contributed by atoms with Crippen molar-refractivity contribution in [3.63, 3.8) is 0 Å². The number of hydrogen-bond acceptors (Lipinski definition) is 2. The molecule has 0 bridgehead atoms. The maximum atomic E-state index is 10.4. The van der Waals surface area contributed by atoms with Crippen molar-refractivity contribution in [2.75, 3.05) is 0 Å². The smallest absolute Gasteiger partial charge is 0.220 e. The topological polar surface area (TPSA) is 69.1 Å². The molecule has 0 saturated heterocycles. The Morgan fingerprint density at radius 3 is 1.82 bits per heavy atom. The molecule has 0 unspecified atom stereocenters. The van der Waals surface area contributed by atoms with Crippen LogP contribution >= 0.6 is 0 Å². The Morgan fingerprint density at radius 1 is 1.55 bits per heavy atom. The lowest BCUT2D eigenvalue weighted by molar-refractivity contribution is -0.121. The van der Waals surface area contributed by atoms with E-state index in [9.17, 15) is 4.79 Å². The fourth-order valence-corrected chi connectivity index (χ4v) is 0.691. The fourth-order valence-electron chi connectivity index (χ4n) is 0.691. The number of nitrogens with two attached hydrogens (primary N) is 2. The van der Waals surface area contributed by atoms with Gasteiger partial charge in [-0.05, 0) is 19.0 Å². The largest absolute Gasteiger partial charge is 0.405 e. The summed E-state index contributed by atoms with van der Waals surface area (Å²) >= 11 is 0. The van der Waals surface area contributed by atoms with Gasteiger partial charge >= 0.3 is 0 Å². The van der Waals surface area contributed by atoms with Crippen LogP contribution < -0.4 is 11.5 Å². The zero-order valence-corrected chi connectivity index (χ0v) is 7.34. The molecule has 0 saturated carbocycles. The first-order valence-corrected chi connectivity index (χ1v) is 3.75. The Balaban J connectivity index is 0. The van der Waals surface area contributed by atoms with Gasteiger partial charge in [-0.15, -0.1) is 0 Å². The van der Waals surface area contributed by atoms with Crippen LogP contribution in [-0.2, 0) is 4.79 Å². The highest BCUT2D eigenvalue weighted by atomic mass is 16.1. The van der Waals surface area contributed by atoms with Gasteiger partial charge in [-0.25, -0.2) is 0 Å². The molecular weight excluding hydrogens is 140 g/mol. The van der Waals surface area contributed by atoms with E-state index in [1.807, 2.05) is 13.8 Å². The molecule has 3 heteroatoms. The van der Waals surface area contributed by atoms with Gasteiger partial charge in [0.15, 0.2) is 0 Å². The molecule has 0 fully saturated rings. The minimum Gasteiger partial charge on any atom is -0.405 e. The van der Waals surface area contributed by atoms with Gasteiger partial charge in [0, 0.05) is 5.92 Å².